The fourth-order valence-corrected chi connectivity index (χ4v) is 2.02. The highest BCUT2D eigenvalue weighted by Crippen LogP contribution is 2.38. The van der Waals surface area contributed by atoms with Crippen molar-refractivity contribution in [1.29, 1.82) is 0 Å². The van der Waals surface area contributed by atoms with Crippen LogP contribution in [0, 0.1) is 16.0 Å². The van der Waals surface area contributed by atoms with Crippen molar-refractivity contribution in [3.05, 3.63) is 27.8 Å². The minimum absolute atomic E-state index is 0.0364. The molecule has 0 spiro atoms. The molecule has 0 saturated heterocycles. The Morgan fingerprint density at radius 2 is 2.00 bits per heavy atom. The van der Waals surface area contributed by atoms with Gasteiger partial charge in [-0.3, -0.25) is 10.1 Å². The van der Waals surface area contributed by atoms with Crippen LogP contribution in [0.5, 0.6) is 11.5 Å². The minimum Gasteiger partial charge on any atom is -0.504 e. The van der Waals surface area contributed by atoms with Crippen LogP contribution >= 0.6 is 0 Å². The second kappa shape index (κ2) is 7.24. The van der Waals surface area contributed by atoms with E-state index in [0.29, 0.717) is 12.3 Å². The van der Waals surface area contributed by atoms with Gasteiger partial charge in [-0.15, -0.1) is 0 Å². The van der Waals surface area contributed by atoms with Crippen LogP contribution in [0.15, 0.2) is 12.1 Å². The predicted octanol–water partition coefficient (Wildman–Crippen LogP) is 2.11. The number of methoxy groups -OCH3 is 1. The van der Waals surface area contributed by atoms with E-state index >= 15 is 0 Å². The molecule has 0 aliphatic rings. The summed E-state index contributed by atoms with van der Waals surface area (Å²) in [5, 5.41) is 31.0. The summed E-state index contributed by atoms with van der Waals surface area (Å²) in [4.78, 5) is 10.3. The molecule has 4 N–H and O–H groups in total. The number of ether oxygens (including phenoxy) is 1. The Morgan fingerprint density at radius 1 is 1.38 bits per heavy atom. The van der Waals surface area contributed by atoms with E-state index in [1.54, 1.807) is 0 Å². The first-order valence-corrected chi connectivity index (χ1v) is 6.76. The Hall–Kier alpha value is -1.86. The second-order valence-corrected chi connectivity index (χ2v) is 5.41. The van der Waals surface area contributed by atoms with Crippen LogP contribution in [0.2, 0.25) is 0 Å². The van der Waals surface area contributed by atoms with Gasteiger partial charge in [-0.25, -0.2) is 0 Å². The molecule has 0 unspecified atom stereocenters. The number of nitrogens with zero attached hydrogens (tertiary/aromatic N) is 1. The number of phenols is 1. The third kappa shape index (κ3) is 4.30. The average Bonchev–Trinajstić information content (AvgIpc) is 2.43. The Morgan fingerprint density at radius 3 is 2.48 bits per heavy atom. The van der Waals surface area contributed by atoms with Crippen molar-refractivity contribution in [3.63, 3.8) is 0 Å². The van der Waals surface area contributed by atoms with Gasteiger partial charge in [-0.2, -0.15) is 0 Å². The lowest BCUT2D eigenvalue weighted by Crippen LogP contribution is -2.26. The molecule has 0 saturated carbocycles. The first-order valence-electron chi connectivity index (χ1n) is 6.76. The lowest BCUT2D eigenvalue weighted by atomic mass is 9.95. The highest BCUT2D eigenvalue weighted by molar-refractivity contribution is 5.54. The molecule has 7 nitrogen and oxygen atoms in total. The minimum atomic E-state index is -0.919. The molecule has 118 valence electrons. The average molecular weight is 298 g/mol. The summed E-state index contributed by atoms with van der Waals surface area (Å²) >= 11 is 0. The van der Waals surface area contributed by atoms with Gasteiger partial charge in [-0.05, 0) is 18.8 Å². The maximum Gasteiger partial charge on any atom is 0.273 e. The van der Waals surface area contributed by atoms with Crippen LogP contribution < -0.4 is 10.5 Å². The molecule has 0 fully saturated rings. The molecular formula is C14H22N2O5. The van der Waals surface area contributed by atoms with Crippen molar-refractivity contribution in [1.82, 2.24) is 0 Å². The maximum atomic E-state index is 10.9. The number of hydrogen-bond acceptors (Lipinski definition) is 6. The van der Waals surface area contributed by atoms with Crippen LogP contribution in [-0.2, 0) is 0 Å². The van der Waals surface area contributed by atoms with Crippen molar-refractivity contribution in [2.24, 2.45) is 11.7 Å². The summed E-state index contributed by atoms with van der Waals surface area (Å²) in [5.41, 5.74) is 5.79. The SMILES string of the molecule is COc1cc([N+](=O)[O-])cc([C@@H](N)[C@@H](O)CCC(C)C)c1O. The standard InChI is InChI=1S/C14H22N2O5/c1-8(2)4-5-11(17)13(15)10-6-9(16(19)20)7-12(21-3)14(10)18/h6-8,11,13,17-18H,4-5,15H2,1-3H3/t11-,13+/m0/s1. The Bertz CT molecular complexity index is 504. The summed E-state index contributed by atoms with van der Waals surface area (Å²) in [7, 11) is 1.29. The van der Waals surface area contributed by atoms with Crippen LogP contribution in [0.3, 0.4) is 0 Å². The topological polar surface area (TPSA) is 119 Å². The summed E-state index contributed by atoms with van der Waals surface area (Å²) in [6.07, 6.45) is 0.315. The van der Waals surface area contributed by atoms with E-state index in [1.807, 2.05) is 13.8 Å². The zero-order valence-corrected chi connectivity index (χ0v) is 12.4. The molecule has 0 heterocycles. The third-order valence-electron chi connectivity index (χ3n) is 3.33. The highest BCUT2D eigenvalue weighted by atomic mass is 16.6. The van der Waals surface area contributed by atoms with E-state index in [4.69, 9.17) is 10.5 Å². The molecular weight excluding hydrogens is 276 g/mol. The van der Waals surface area contributed by atoms with Crippen LogP contribution in [0.25, 0.3) is 0 Å². The van der Waals surface area contributed by atoms with Gasteiger partial charge >= 0.3 is 0 Å². The Balaban J connectivity index is 3.09. The summed E-state index contributed by atoms with van der Waals surface area (Å²) in [6.45, 7) is 4.04. The zero-order chi connectivity index (χ0) is 16.2. The number of benzene rings is 1. The van der Waals surface area contributed by atoms with Crippen LogP contribution in [-0.4, -0.2) is 28.4 Å². The van der Waals surface area contributed by atoms with Gasteiger partial charge in [0.05, 0.1) is 30.2 Å². The van der Waals surface area contributed by atoms with Crippen LogP contribution in [0.4, 0.5) is 5.69 Å². The smallest absolute Gasteiger partial charge is 0.273 e. The number of aliphatic hydroxyl groups excluding tert-OH is 1. The maximum absolute atomic E-state index is 10.9. The van der Waals surface area contributed by atoms with Crippen molar-refractivity contribution in [2.45, 2.75) is 38.8 Å². The van der Waals surface area contributed by atoms with E-state index in [0.717, 1.165) is 12.5 Å². The van der Waals surface area contributed by atoms with Gasteiger partial charge in [0.25, 0.3) is 5.69 Å². The summed E-state index contributed by atoms with van der Waals surface area (Å²) in [5.74, 6) is 0.0880. The quantitative estimate of drug-likeness (QED) is 0.524. The van der Waals surface area contributed by atoms with Gasteiger partial charge in [-0.1, -0.05) is 13.8 Å². The Labute approximate surface area is 123 Å². The van der Waals surface area contributed by atoms with Crippen molar-refractivity contribution < 1.29 is 19.9 Å². The first-order chi connectivity index (χ1) is 9.77. The Kier molecular flexibility index (Phi) is 5.92. The number of aliphatic hydroxyl groups is 1. The molecule has 1 rings (SSSR count). The lowest BCUT2D eigenvalue weighted by molar-refractivity contribution is -0.385. The van der Waals surface area contributed by atoms with Gasteiger partial charge < -0.3 is 20.7 Å². The highest BCUT2D eigenvalue weighted by Gasteiger charge is 2.25. The number of hydrogen-bond donors (Lipinski definition) is 3. The molecule has 0 bridgehead atoms. The zero-order valence-electron chi connectivity index (χ0n) is 12.4. The summed E-state index contributed by atoms with van der Waals surface area (Å²) < 4.78 is 4.91. The first kappa shape index (κ1) is 17.2. The molecule has 0 radical (unpaired) electrons. The molecule has 0 amide bonds. The number of aromatic hydroxyl groups is 1. The van der Waals surface area contributed by atoms with Gasteiger partial charge in [0.1, 0.15) is 0 Å². The normalized spacial score (nSPS) is 14.0. The number of phenolic OH excluding ortho intramolecular Hbond substituents is 1. The van der Waals surface area contributed by atoms with Crippen LogP contribution in [0.1, 0.15) is 38.3 Å². The van der Waals surface area contributed by atoms with E-state index in [2.05, 4.69) is 0 Å². The third-order valence-corrected chi connectivity index (χ3v) is 3.33. The van der Waals surface area contributed by atoms with E-state index in [9.17, 15) is 20.3 Å². The van der Waals surface area contributed by atoms with E-state index in [-0.39, 0.29) is 22.7 Å². The predicted molar refractivity (Wildman–Crippen MR) is 78.3 cm³/mol. The number of nitro benzene ring substituents is 1. The van der Waals surface area contributed by atoms with Crippen molar-refractivity contribution in [2.75, 3.05) is 7.11 Å². The second-order valence-electron chi connectivity index (χ2n) is 5.41. The number of rotatable bonds is 7. The number of nitro groups is 1. The molecule has 1 aromatic rings. The molecule has 21 heavy (non-hydrogen) atoms. The molecule has 1 aromatic carbocycles. The van der Waals surface area contributed by atoms with Crippen molar-refractivity contribution >= 4 is 5.69 Å². The van der Waals surface area contributed by atoms with Gasteiger partial charge in [0.2, 0.25) is 0 Å². The van der Waals surface area contributed by atoms with Crippen molar-refractivity contribution in [3.8, 4) is 11.5 Å². The van der Waals surface area contributed by atoms with E-state index in [1.165, 1.54) is 13.2 Å². The fourth-order valence-electron chi connectivity index (χ4n) is 2.02. The monoisotopic (exact) mass is 298 g/mol. The van der Waals surface area contributed by atoms with E-state index < -0.39 is 17.1 Å². The van der Waals surface area contributed by atoms with Gasteiger partial charge in [0.15, 0.2) is 11.5 Å². The fraction of sp³-hybridized carbons (Fsp3) is 0.571. The lowest BCUT2D eigenvalue weighted by Gasteiger charge is -2.21. The number of nitrogens with two attached hydrogens (primary N) is 1. The molecule has 7 heteroatoms. The van der Waals surface area contributed by atoms with Gasteiger partial charge in [0, 0.05) is 11.6 Å². The summed E-state index contributed by atoms with van der Waals surface area (Å²) in [6, 6.07) is 1.37. The molecule has 0 aromatic heterocycles. The molecule has 2 atom stereocenters. The largest absolute Gasteiger partial charge is 0.504 e. The molecule has 0 aliphatic heterocycles. The molecule has 0 aliphatic carbocycles. The number of non-ortho nitro benzene ring substituents is 1.